The van der Waals surface area contributed by atoms with E-state index >= 15 is 0 Å². The number of rotatable bonds is 6. The van der Waals surface area contributed by atoms with Crippen LogP contribution >= 0.6 is 23.2 Å². The number of halogens is 2. The Morgan fingerprint density at radius 3 is 2.53 bits per heavy atom. The minimum absolute atomic E-state index is 0.133. The van der Waals surface area contributed by atoms with Crippen molar-refractivity contribution in [3.8, 4) is 0 Å². The van der Waals surface area contributed by atoms with Gasteiger partial charge < -0.3 is 10.2 Å². The maximum absolute atomic E-state index is 10.3. The van der Waals surface area contributed by atoms with Gasteiger partial charge in [-0.05, 0) is 37.0 Å². The number of aliphatic carboxylic acids is 1. The van der Waals surface area contributed by atoms with Gasteiger partial charge in [0.05, 0.1) is 16.1 Å². The summed E-state index contributed by atoms with van der Waals surface area (Å²) >= 11 is 11.6. The van der Waals surface area contributed by atoms with E-state index in [1.165, 1.54) is 0 Å². The van der Waals surface area contributed by atoms with E-state index in [2.05, 4.69) is 0 Å². The maximum atomic E-state index is 10.3. The quantitative estimate of drug-likeness (QED) is 0.780. The topological polar surface area (TPSA) is 57.5 Å². The number of hydrogen-bond donors (Lipinski definition) is 2. The molecule has 94 valence electrons. The molecule has 0 fully saturated rings. The van der Waals surface area contributed by atoms with Crippen molar-refractivity contribution < 1.29 is 15.0 Å². The molecule has 17 heavy (non-hydrogen) atoms. The van der Waals surface area contributed by atoms with Gasteiger partial charge in [0.25, 0.3) is 0 Å². The van der Waals surface area contributed by atoms with Gasteiger partial charge in [0.15, 0.2) is 0 Å². The zero-order chi connectivity index (χ0) is 12.8. The molecule has 1 unspecified atom stereocenters. The first kappa shape index (κ1) is 14.3. The number of carbonyl (C=O) groups is 1. The normalized spacial score (nSPS) is 12.4. The lowest BCUT2D eigenvalue weighted by molar-refractivity contribution is -0.137. The van der Waals surface area contributed by atoms with Gasteiger partial charge in [0.2, 0.25) is 0 Å². The van der Waals surface area contributed by atoms with Gasteiger partial charge in [-0.1, -0.05) is 29.3 Å². The zero-order valence-electron chi connectivity index (χ0n) is 9.20. The number of benzene rings is 1. The van der Waals surface area contributed by atoms with Crippen LogP contribution in [0.5, 0.6) is 0 Å². The highest BCUT2D eigenvalue weighted by molar-refractivity contribution is 6.42. The van der Waals surface area contributed by atoms with Gasteiger partial charge in [0, 0.05) is 6.42 Å². The van der Waals surface area contributed by atoms with Crippen molar-refractivity contribution in [2.45, 2.75) is 31.8 Å². The van der Waals surface area contributed by atoms with Crippen LogP contribution in [0.2, 0.25) is 10.0 Å². The molecule has 0 spiro atoms. The van der Waals surface area contributed by atoms with Gasteiger partial charge >= 0.3 is 5.97 Å². The monoisotopic (exact) mass is 276 g/mol. The van der Waals surface area contributed by atoms with Crippen molar-refractivity contribution in [3.05, 3.63) is 33.8 Å². The lowest BCUT2D eigenvalue weighted by atomic mass is 10.0. The lowest BCUT2D eigenvalue weighted by Gasteiger charge is -2.11. The third-order valence-electron chi connectivity index (χ3n) is 2.45. The fraction of sp³-hybridized carbons (Fsp3) is 0.417. The third-order valence-corrected chi connectivity index (χ3v) is 3.19. The van der Waals surface area contributed by atoms with Crippen molar-refractivity contribution in [1.29, 1.82) is 0 Å². The Bertz CT molecular complexity index is 393. The molecular weight excluding hydrogens is 263 g/mol. The van der Waals surface area contributed by atoms with E-state index in [0.717, 1.165) is 0 Å². The molecule has 0 aromatic heterocycles. The number of unbranched alkanes of at least 4 members (excludes halogenated alkanes) is 1. The van der Waals surface area contributed by atoms with E-state index in [9.17, 15) is 9.90 Å². The molecule has 2 N–H and O–H groups in total. The fourth-order valence-electron chi connectivity index (χ4n) is 1.50. The van der Waals surface area contributed by atoms with E-state index in [0.29, 0.717) is 34.9 Å². The van der Waals surface area contributed by atoms with E-state index in [1.54, 1.807) is 18.2 Å². The molecule has 0 saturated carbocycles. The number of carboxylic acid groups (broad SMARTS) is 1. The van der Waals surface area contributed by atoms with Gasteiger partial charge in [0.1, 0.15) is 0 Å². The van der Waals surface area contributed by atoms with Crippen molar-refractivity contribution >= 4 is 29.2 Å². The van der Waals surface area contributed by atoms with Crippen molar-refractivity contribution in [2.75, 3.05) is 0 Å². The van der Waals surface area contributed by atoms with Crippen molar-refractivity contribution in [3.63, 3.8) is 0 Å². The van der Waals surface area contributed by atoms with Crippen LogP contribution in [0.15, 0.2) is 18.2 Å². The average Bonchev–Trinajstić information content (AvgIpc) is 2.27. The van der Waals surface area contributed by atoms with Crippen molar-refractivity contribution in [2.24, 2.45) is 0 Å². The summed E-state index contributed by atoms with van der Waals surface area (Å²) in [6, 6.07) is 4.99. The Labute approximate surface area is 110 Å². The highest BCUT2D eigenvalue weighted by Crippen LogP contribution is 2.27. The first-order chi connectivity index (χ1) is 8.00. The molecule has 0 bridgehead atoms. The Morgan fingerprint density at radius 2 is 1.94 bits per heavy atom. The van der Waals surface area contributed by atoms with Gasteiger partial charge in [-0.2, -0.15) is 0 Å². The highest BCUT2D eigenvalue weighted by atomic mass is 35.5. The summed E-state index contributed by atoms with van der Waals surface area (Å²) in [6.45, 7) is 0. The molecule has 0 aliphatic carbocycles. The molecular formula is C12H14Cl2O3. The molecule has 0 heterocycles. The summed E-state index contributed by atoms with van der Waals surface area (Å²) in [5.41, 5.74) is 0.703. The second kappa shape index (κ2) is 6.84. The standard InChI is InChI=1S/C12H14Cl2O3/c13-9-6-5-8(7-10(9)14)11(15)3-1-2-4-12(16)17/h5-7,11,15H,1-4H2,(H,16,17). The zero-order valence-corrected chi connectivity index (χ0v) is 10.7. The fourth-order valence-corrected chi connectivity index (χ4v) is 1.81. The molecule has 1 rings (SSSR count). The predicted octanol–water partition coefficient (Wildman–Crippen LogP) is 3.67. The van der Waals surface area contributed by atoms with E-state index in [-0.39, 0.29) is 6.42 Å². The molecule has 0 saturated heterocycles. The van der Waals surface area contributed by atoms with Crippen LogP contribution in [-0.2, 0) is 4.79 Å². The van der Waals surface area contributed by atoms with E-state index < -0.39 is 12.1 Å². The number of carboxylic acids is 1. The minimum Gasteiger partial charge on any atom is -0.481 e. The molecule has 1 aromatic rings. The number of aliphatic hydroxyl groups is 1. The minimum atomic E-state index is -0.811. The van der Waals surface area contributed by atoms with Crippen LogP contribution in [-0.4, -0.2) is 16.2 Å². The number of hydrogen-bond acceptors (Lipinski definition) is 2. The van der Waals surface area contributed by atoms with Crippen LogP contribution in [0.25, 0.3) is 0 Å². The molecule has 0 aliphatic heterocycles. The van der Waals surface area contributed by atoms with E-state index in [1.807, 2.05) is 0 Å². The van der Waals surface area contributed by atoms with Gasteiger partial charge in [-0.15, -0.1) is 0 Å². The SMILES string of the molecule is O=C(O)CCCCC(O)c1ccc(Cl)c(Cl)c1. The maximum Gasteiger partial charge on any atom is 0.303 e. The van der Waals surface area contributed by atoms with E-state index in [4.69, 9.17) is 28.3 Å². The summed E-state index contributed by atoms with van der Waals surface area (Å²) in [5, 5.41) is 19.2. The molecule has 0 amide bonds. The number of aliphatic hydroxyl groups excluding tert-OH is 1. The summed E-state index contributed by atoms with van der Waals surface area (Å²) < 4.78 is 0. The first-order valence-electron chi connectivity index (χ1n) is 5.35. The lowest BCUT2D eigenvalue weighted by Crippen LogP contribution is -1.99. The molecule has 3 nitrogen and oxygen atoms in total. The van der Waals surface area contributed by atoms with Crippen LogP contribution in [0.3, 0.4) is 0 Å². The van der Waals surface area contributed by atoms with Crippen molar-refractivity contribution in [1.82, 2.24) is 0 Å². The molecule has 0 radical (unpaired) electrons. The first-order valence-corrected chi connectivity index (χ1v) is 6.11. The Hall–Kier alpha value is -0.770. The summed E-state index contributed by atoms with van der Waals surface area (Å²) in [6.07, 6.45) is 1.25. The van der Waals surface area contributed by atoms with Crippen LogP contribution in [0, 0.1) is 0 Å². The Morgan fingerprint density at radius 1 is 1.24 bits per heavy atom. The van der Waals surface area contributed by atoms with Crippen LogP contribution in [0.4, 0.5) is 0 Å². The average molecular weight is 277 g/mol. The largest absolute Gasteiger partial charge is 0.481 e. The molecule has 1 aromatic carbocycles. The second-order valence-electron chi connectivity index (χ2n) is 3.83. The third kappa shape index (κ3) is 4.94. The highest BCUT2D eigenvalue weighted by Gasteiger charge is 2.09. The second-order valence-corrected chi connectivity index (χ2v) is 4.64. The Kier molecular flexibility index (Phi) is 5.75. The summed E-state index contributed by atoms with van der Waals surface area (Å²) in [4.78, 5) is 10.3. The summed E-state index contributed by atoms with van der Waals surface area (Å²) in [7, 11) is 0. The molecule has 0 aliphatic rings. The van der Waals surface area contributed by atoms with Gasteiger partial charge in [-0.25, -0.2) is 0 Å². The molecule has 5 heteroatoms. The van der Waals surface area contributed by atoms with Gasteiger partial charge in [-0.3, -0.25) is 4.79 Å². The Balaban J connectivity index is 2.44. The van der Waals surface area contributed by atoms with Crippen LogP contribution < -0.4 is 0 Å². The smallest absolute Gasteiger partial charge is 0.303 e. The predicted molar refractivity (Wildman–Crippen MR) is 67.5 cm³/mol. The molecule has 1 atom stereocenters. The summed E-state index contributed by atoms with van der Waals surface area (Å²) in [5.74, 6) is -0.811. The van der Waals surface area contributed by atoms with Crippen LogP contribution in [0.1, 0.15) is 37.4 Å².